The molecule has 0 fully saturated rings. The number of hydrogen-bond acceptors (Lipinski definition) is 4. The number of ether oxygens (including phenoxy) is 2. The number of rotatable bonds is 6. The van der Waals surface area contributed by atoms with Crippen molar-refractivity contribution in [3.05, 3.63) is 52.5 Å². The normalized spacial score (nSPS) is 10.1. The fraction of sp³-hybridized carbons (Fsp3) is 0.222. The first-order valence-corrected chi connectivity index (χ1v) is 7.88. The molecule has 0 unspecified atom stereocenters. The number of methoxy groups -OCH3 is 2. The van der Waals surface area contributed by atoms with Gasteiger partial charge in [0.1, 0.15) is 11.5 Å². The molecule has 0 bridgehead atoms. The molecule has 0 saturated carbocycles. The fourth-order valence-electron chi connectivity index (χ4n) is 2.15. The Hall–Kier alpha value is -2.73. The van der Waals surface area contributed by atoms with Crippen LogP contribution < -0.4 is 20.1 Å². The van der Waals surface area contributed by atoms with E-state index in [9.17, 15) is 9.59 Å². The van der Waals surface area contributed by atoms with Crippen molar-refractivity contribution in [3.8, 4) is 11.5 Å². The van der Waals surface area contributed by atoms with Crippen LogP contribution >= 0.6 is 11.6 Å². The third-order valence-corrected chi connectivity index (χ3v) is 3.90. The van der Waals surface area contributed by atoms with Gasteiger partial charge >= 0.3 is 0 Å². The Labute approximate surface area is 151 Å². The minimum atomic E-state index is -0.378. The van der Waals surface area contributed by atoms with Crippen LogP contribution in [-0.2, 0) is 4.79 Å². The van der Waals surface area contributed by atoms with E-state index < -0.39 is 0 Å². The molecule has 25 heavy (non-hydrogen) atoms. The van der Waals surface area contributed by atoms with E-state index in [0.29, 0.717) is 27.8 Å². The Bertz CT molecular complexity index is 793. The summed E-state index contributed by atoms with van der Waals surface area (Å²) in [6.45, 7) is 1.64. The summed E-state index contributed by atoms with van der Waals surface area (Å²) in [6.07, 6.45) is 0. The van der Waals surface area contributed by atoms with Crippen molar-refractivity contribution < 1.29 is 19.1 Å². The van der Waals surface area contributed by atoms with Crippen molar-refractivity contribution >= 4 is 29.1 Å². The molecule has 6 nitrogen and oxygen atoms in total. The van der Waals surface area contributed by atoms with Gasteiger partial charge in [0, 0.05) is 16.7 Å². The van der Waals surface area contributed by atoms with E-state index in [1.54, 1.807) is 36.4 Å². The zero-order valence-electron chi connectivity index (χ0n) is 14.2. The van der Waals surface area contributed by atoms with Gasteiger partial charge in [0.05, 0.1) is 26.5 Å². The van der Waals surface area contributed by atoms with Crippen LogP contribution in [0.2, 0.25) is 5.02 Å². The Morgan fingerprint density at radius 2 is 1.88 bits per heavy atom. The molecule has 0 aliphatic rings. The lowest BCUT2D eigenvalue weighted by Crippen LogP contribution is -2.32. The second-order valence-electron chi connectivity index (χ2n) is 5.26. The van der Waals surface area contributed by atoms with Gasteiger partial charge in [-0.25, -0.2) is 0 Å². The van der Waals surface area contributed by atoms with Crippen molar-refractivity contribution in [1.82, 2.24) is 5.32 Å². The monoisotopic (exact) mass is 362 g/mol. The molecule has 2 rings (SSSR count). The van der Waals surface area contributed by atoms with Gasteiger partial charge in [0.2, 0.25) is 5.91 Å². The predicted octanol–water partition coefficient (Wildman–Crippen LogP) is 3.03. The third kappa shape index (κ3) is 4.87. The molecule has 2 aromatic rings. The molecule has 0 radical (unpaired) electrons. The first-order chi connectivity index (χ1) is 11.9. The summed E-state index contributed by atoms with van der Waals surface area (Å²) in [5, 5.41) is 5.80. The average molecular weight is 363 g/mol. The van der Waals surface area contributed by atoms with E-state index in [2.05, 4.69) is 10.6 Å². The van der Waals surface area contributed by atoms with Crippen LogP contribution in [0, 0.1) is 6.92 Å². The SMILES string of the molecule is COc1cccc(C(=O)NCC(=O)Nc2cc(C)c(Cl)cc2OC)c1. The molecule has 0 atom stereocenters. The molecule has 0 aliphatic carbocycles. The highest BCUT2D eigenvalue weighted by molar-refractivity contribution is 6.31. The molecule has 0 saturated heterocycles. The van der Waals surface area contributed by atoms with Crippen LogP contribution in [0.15, 0.2) is 36.4 Å². The van der Waals surface area contributed by atoms with Gasteiger partial charge in [-0.1, -0.05) is 17.7 Å². The van der Waals surface area contributed by atoms with Crippen molar-refractivity contribution in [2.45, 2.75) is 6.92 Å². The predicted molar refractivity (Wildman–Crippen MR) is 96.7 cm³/mol. The fourth-order valence-corrected chi connectivity index (χ4v) is 2.30. The molecule has 0 heterocycles. The number of halogens is 1. The van der Waals surface area contributed by atoms with E-state index in [0.717, 1.165) is 5.56 Å². The summed E-state index contributed by atoms with van der Waals surface area (Å²) < 4.78 is 10.3. The first-order valence-electron chi connectivity index (χ1n) is 7.51. The van der Waals surface area contributed by atoms with E-state index >= 15 is 0 Å². The minimum absolute atomic E-state index is 0.180. The maximum atomic E-state index is 12.1. The van der Waals surface area contributed by atoms with Crippen LogP contribution in [0.1, 0.15) is 15.9 Å². The average Bonchev–Trinajstić information content (AvgIpc) is 2.62. The molecule has 2 amide bonds. The maximum Gasteiger partial charge on any atom is 0.251 e. The summed E-state index contributed by atoms with van der Waals surface area (Å²) >= 11 is 6.04. The highest BCUT2D eigenvalue weighted by Gasteiger charge is 2.12. The van der Waals surface area contributed by atoms with E-state index in [4.69, 9.17) is 21.1 Å². The number of carbonyl (C=O) groups excluding carboxylic acids is 2. The summed E-state index contributed by atoms with van der Waals surface area (Å²) in [5.74, 6) is 0.270. The minimum Gasteiger partial charge on any atom is -0.497 e. The van der Waals surface area contributed by atoms with Gasteiger partial charge in [-0.2, -0.15) is 0 Å². The molecular formula is C18H19ClN2O4. The van der Waals surface area contributed by atoms with Gasteiger partial charge < -0.3 is 20.1 Å². The van der Waals surface area contributed by atoms with Crippen LogP contribution in [0.5, 0.6) is 11.5 Å². The number of amides is 2. The Kier molecular flexibility index (Phi) is 6.25. The van der Waals surface area contributed by atoms with Crippen LogP contribution in [0.25, 0.3) is 0 Å². The number of carbonyl (C=O) groups is 2. The van der Waals surface area contributed by atoms with Gasteiger partial charge in [0.25, 0.3) is 5.91 Å². The third-order valence-electron chi connectivity index (χ3n) is 3.50. The molecule has 0 spiro atoms. The molecule has 2 aromatic carbocycles. The number of anilines is 1. The highest BCUT2D eigenvalue weighted by atomic mass is 35.5. The van der Waals surface area contributed by atoms with Gasteiger partial charge in [-0.15, -0.1) is 0 Å². The Balaban J connectivity index is 1.99. The largest absolute Gasteiger partial charge is 0.497 e. The maximum absolute atomic E-state index is 12.1. The van der Waals surface area contributed by atoms with Crippen LogP contribution in [0.4, 0.5) is 5.69 Å². The van der Waals surface area contributed by atoms with Crippen molar-refractivity contribution in [1.29, 1.82) is 0 Å². The number of hydrogen-bond donors (Lipinski definition) is 2. The topological polar surface area (TPSA) is 76.7 Å². The summed E-state index contributed by atoms with van der Waals surface area (Å²) in [7, 11) is 3.01. The quantitative estimate of drug-likeness (QED) is 0.828. The van der Waals surface area contributed by atoms with Crippen molar-refractivity contribution in [2.24, 2.45) is 0 Å². The number of aryl methyl sites for hydroxylation is 1. The first kappa shape index (κ1) is 18.6. The molecule has 0 aromatic heterocycles. The van der Waals surface area contributed by atoms with E-state index in [-0.39, 0.29) is 18.4 Å². The van der Waals surface area contributed by atoms with Crippen LogP contribution in [0.3, 0.4) is 0 Å². The number of nitrogens with one attached hydrogen (secondary N) is 2. The standard InChI is InChI=1S/C18H19ClN2O4/c1-11-7-15(16(25-3)9-14(11)19)21-17(22)10-20-18(23)12-5-4-6-13(8-12)24-2/h4-9H,10H2,1-3H3,(H,20,23)(H,21,22). The summed E-state index contributed by atoms with van der Waals surface area (Å²) in [5.41, 5.74) is 1.70. The Morgan fingerprint density at radius 1 is 1.12 bits per heavy atom. The summed E-state index contributed by atoms with van der Waals surface area (Å²) in [4.78, 5) is 24.2. The Morgan fingerprint density at radius 3 is 2.56 bits per heavy atom. The molecular weight excluding hydrogens is 344 g/mol. The molecule has 132 valence electrons. The van der Waals surface area contributed by atoms with Gasteiger partial charge in [-0.3, -0.25) is 9.59 Å². The lowest BCUT2D eigenvalue weighted by atomic mass is 10.2. The number of benzene rings is 2. The molecule has 7 heteroatoms. The van der Waals surface area contributed by atoms with Gasteiger partial charge in [0.15, 0.2) is 0 Å². The van der Waals surface area contributed by atoms with E-state index in [1.165, 1.54) is 14.2 Å². The molecule has 2 N–H and O–H groups in total. The second-order valence-corrected chi connectivity index (χ2v) is 5.67. The van der Waals surface area contributed by atoms with Crippen LogP contribution in [-0.4, -0.2) is 32.6 Å². The van der Waals surface area contributed by atoms with Gasteiger partial charge in [-0.05, 0) is 36.8 Å². The smallest absolute Gasteiger partial charge is 0.251 e. The molecule has 0 aliphatic heterocycles. The zero-order chi connectivity index (χ0) is 18.4. The highest BCUT2D eigenvalue weighted by Crippen LogP contribution is 2.30. The van der Waals surface area contributed by atoms with Crippen molar-refractivity contribution in [3.63, 3.8) is 0 Å². The lowest BCUT2D eigenvalue weighted by Gasteiger charge is -2.12. The van der Waals surface area contributed by atoms with E-state index in [1.807, 2.05) is 6.92 Å². The second kappa shape index (κ2) is 8.39. The zero-order valence-corrected chi connectivity index (χ0v) is 14.9. The van der Waals surface area contributed by atoms with Crippen molar-refractivity contribution in [2.75, 3.05) is 26.1 Å². The lowest BCUT2D eigenvalue weighted by molar-refractivity contribution is -0.115. The summed E-state index contributed by atoms with van der Waals surface area (Å²) in [6, 6.07) is 10.0.